The van der Waals surface area contributed by atoms with Crippen LogP contribution in [0.25, 0.3) is 11.1 Å². The van der Waals surface area contributed by atoms with Crippen molar-refractivity contribution in [1.82, 2.24) is 0 Å². The minimum absolute atomic E-state index is 0.402. The molecular formula is C13H13N3O. The average molecular weight is 227 g/mol. The van der Waals surface area contributed by atoms with E-state index in [0.717, 1.165) is 16.7 Å². The topological polar surface area (TPSA) is 81.5 Å². The highest BCUT2D eigenvalue weighted by molar-refractivity contribution is 5.80. The lowest BCUT2D eigenvalue weighted by Crippen LogP contribution is -1.96. The molecule has 0 atom stereocenters. The zero-order chi connectivity index (χ0) is 12.4. The maximum absolute atomic E-state index is 10.3. The monoisotopic (exact) mass is 227 g/mol. The first kappa shape index (κ1) is 11.1. The Morgan fingerprint density at radius 3 is 2.24 bits per heavy atom. The van der Waals surface area contributed by atoms with E-state index < -0.39 is 0 Å². The molecule has 0 spiro atoms. The highest BCUT2D eigenvalue weighted by Crippen LogP contribution is 2.30. The van der Waals surface area contributed by atoms with E-state index in [-0.39, 0.29) is 0 Å². The number of nitrogen functional groups attached to an aromatic ring is 2. The minimum atomic E-state index is 0.402. The van der Waals surface area contributed by atoms with E-state index in [1.54, 1.807) is 18.2 Å². The zero-order valence-corrected chi connectivity index (χ0v) is 9.47. The Balaban J connectivity index is 2.52. The molecule has 0 amide bonds. The Labute approximate surface area is 99.2 Å². The van der Waals surface area contributed by atoms with E-state index in [4.69, 9.17) is 11.5 Å². The van der Waals surface area contributed by atoms with Crippen LogP contribution in [0.4, 0.5) is 17.1 Å². The highest BCUT2D eigenvalue weighted by atomic mass is 16.3. The SMILES string of the molecule is Cc1cc(-c2ccc(N=O)cc2)c(N)cc1N. The lowest BCUT2D eigenvalue weighted by atomic mass is 10.0. The van der Waals surface area contributed by atoms with Gasteiger partial charge in [-0.15, -0.1) is 4.91 Å². The maximum atomic E-state index is 10.3. The van der Waals surface area contributed by atoms with E-state index in [1.165, 1.54) is 0 Å². The van der Waals surface area contributed by atoms with Gasteiger partial charge in [-0.1, -0.05) is 12.1 Å². The fourth-order valence-electron chi connectivity index (χ4n) is 1.69. The van der Waals surface area contributed by atoms with Gasteiger partial charge in [-0.05, 0) is 47.5 Å². The summed E-state index contributed by atoms with van der Waals surface area (Å²) in [6.07, 6.45) is 0. The molecule has 0 radical (unpaired) electrons. The van der Waals surface area contributed by atoms with Crippen molar-refractivity contribution < 1.29 is 0 Å². The van der Waals surface area contributed by atoms with Crippen molar-refractivity contribution >= 4 is 17.1 Å². The molecule has 0 aromatic heterocycles. The van der Waals surface area contributed by atoms with E-state index in [9.17, 15) is 4.91 Å². The fourth-order valence-corrected chi connectivity index (χ4v) is 1.69. The molecule has 0 unspecified atom stereocenters. The van der Waals surface area contributed by atoms with Gasteiger partial charge in [0.1, 0.15) is 5.69 Å². The van der Waals surface area contributed by atoms with Crippen LogP contribution in [0.3, 0.4) is 0 Å². The van der Waals surface area contributed by atoms with Gasteiger partial charge in [0.15, 0.2) is 0 Å². The first-order valence-electron chi connectivity index (χ1n) is 5.21. The number of rotatable bonds is 2. The quantitative estimate of drug-likeness (QED) is 0.610. The Bertz CT molecular complexity index is 562. The first-order chi connectivity index (χ1) is 8.11. The van der Waals surface area contributed by atoms with Crippen molar-refractivity contribution in [2.24, 2.45) is 5.18 Å². The molecule has 86 valence electrons. The van der Waals surface area contributed by atoms with Gasteiger partial charge in [0.2, 0.25) is 0 Å². The van der Waals surface area contributed by atoms with Gasteiger partial charge in [-0.3, -0.25) is 0 Å². The second kappa shape index (κ2) is 4.25. The lowest BCUT2D eigenvalue weighted by Gasteiger charge is -2.09. The summed E-state index contributed by atoms with van der Waals surface area (Å²) in [5.74, 6) is 0. The third-order valence-corrected chi connectivity index (χ3v) is 2.72. The first-order valence-corrected chi connectivity index (χ1v) is 5.21. The van der Waals surface area contributed by atoms with Crippen LogP contribution in [0, 0.1) is 11.8 Å². The van der Waals surface area contributed by atoms with Gasteiger partial charge in [0.25, 0.3) is 0 Å². The molecule has 17 heavy (non-hydrogen) atoms. The summed E-state index contributed by atoms with van der Waals surface area (Å²) in [7, 11) is 0. The zero-order valence-electron chi connectivity index (χ0n) is 9.47. The molecule has 2 aromatic rings. The van der Waals surface area contributed by atoms with E-state index in [0.29, 0.717) is 17.1 Å². The molecule has 4 nitrogen and oxygen atoms in total. The van der Waals surface area contributed by atoms with Gasteiger partial charge in [-0.25, -0.2) is 0 Å². The summed E-state index contributed by atoms with van der Waals surface area (Å²) >= 11 is 0. The van der Waals surface area contributed by atoms with E-state index in [2.05, 4.69) is 5.18 Å². The van der Waals surface area contributed by atoms with Crippen LogP contribution >= 0.6 is 0 Å². The van der Waals surface area contributed by atoms with Crippen LogP contribution < -0.4 is 11.5 Å². The second-order valence-corrected chi connectivity index (χ2v) is 3.93. The van der Waals surface area contributed by atoms with Crippen LogP contribution in [0.1, 0.15) is 5.56 Å². The summed E-state index contributed by atoms with van der Waals surface area (Å²) in [6, 6.07) is 10.6. The number of nitrogens with two attached hydrogens (primary N) is 2. The molecule has 2 aromatic carbocycles. The standard InChI is InChI=1S/C13H13N3O/c1-8-6-11(13(15)7-12(8)14)9-2-4-10(16-17)5-3-9/h2-7H,14-15H2,1H3. The summed E-state index contributed by atoms with van der Waals surface area (Å²) in [5, 5.41) is 2.86. The molecule has 4 N–H and O–H groups in total. The molecule has 4 heteroatoms. The Morgan fingerprint density at radius 1 is 1.00 bits per heavy atom. The van der Waals surface area contributed by atoms with E-state index >= 15 is 0 Å². The van der Waals surface area contributed by atoms with Gasteiger partial charge < -0.3 is 11.5 Å². The molecule has 0 aliphatic carbocycles. The highest BCUT2D eigenvalue weighted by Gasteiger charge is 2.05. The Hall–Kier alpha value is -2.36. The molecule has 0 aliphatic heterocycles. The molecule has 0 saturated heterocycles. The number of benzene rings is 2. The van der Waals surface area contributed by atoms with E-state index in [1.807, 2.05) is 25.1 Å². The minimum Gasteiger partial charge on any atom is -0.398 e. The molecule has 0 saturated carbocycles. The summed E-state index contributed by atoms with van der Waals surface area (Å²) in [6.45, 7) is 1.93. The van der Waals surface area contributed by atoms with Gasteiger partial charge in [-0.2, -0.15) is 0 Å². The number of nitroso groups, excluding NO2 is 1. The summed E-state index contributed by atoms with van der Waals surface area (Å²) in [5.41, 5.74) is 16.2. The average Bonchev–Trinajstić information content (AvgIpc) is 2.34. The van der Waals surface area contributed by atoms with Crippen molar-refractivity contribution in [1.29, 1.82) is 0 Å². The van der Waals surface area contributed by atoms with Gasteiger partial charge >= 0.3 is 0 Å². The Morgan fingerprint density at radius 2 is 1.65 bits per heavy atom. The lowest BCUT2D eigenvalue weighted by molar-refractivity contribution is 1.45. The molecule has 0 aliphatic rings. The van der Waals surface area contributed by atoms with Crippen LogP contribution in [-0.4, -0.2) is 0 Å². The summed E-state index contributed by atoms with van der Waals surface area (Å²) in [4.78, 5) is 10.3. The number of hydrogen-bond acceptors (Lipinski definition) is 4. The number of anilines is 2. The fraction of sp³-hybridized carbons (Fsp3) is 0.0769. The van der Waals surface area contributed by atoms with Gasteiger partial charge in [0.05, 0.1) is 0 Å². The molecule has 2 rings (SSSR count). The Kier molecular flexibility index (Phi) is 2.78. The number of nitrogens with zero attached hydrogens (tertiary/aromatic N) is 1. The van der Waals surface area contributed by atoms with Gasteiger partial charge in [0, 0.05) is 16.9 Å². The predicted octanol–water partition coefficient (Wildman–Crippen LogP) is 3.22. The maximum Gasteiger partial charge on any atom is 0.108 e. The van der Waals surface area contributed by atoms with Crippen molar-refractivity contribution in [3.05, 3.63) is 46.9 Å². The molecule has 0 bridgehead atoms. The van der Waals surface area contributed by atoms with Crippen molar-refractivity contribution in [2.45, 2.75) is 6.92 Å². The van der Waals surface area contributed by atoms with Crippen LogP contribution in [0.2, 0.25) is 0 Å². The smallest absolute Gasteiger partial charge is 0.108 e. The number of aryl methyl sites for hydroxylation is 1. The largest absolute Gasteiger partial charge is 0.398 e. The molecule has 0 fully saturated rings. The third-order valence-electron chi connectivity index (χ3n) is 2.72. The van der Waals surface area contributed by atoms with Crippen LogP contribution in [0.15, 0.2) is 41.6 Å². The van der Waals surface area contributed by atoms with Crippen LogP contribution in [-0.2, 0) is 0 Å². The van der Waals surface area contributed by atoms with Crippen molar-refractivity contribution in [3.63, 3.8) is 0 Å². The number of hydrogen-bond donors (Lipinski definition) is 2. The normalized spacial score (nSPS) is 10.2. The summed E-state index contributed by atoms with van der Waals surface area (Å²) < 4.78 is 0. The molecular weight excluding hydrogens is 214 g/mol. The second-order valence-electron chi connectivity index (χ2n) is 3.93. The van der Waals surface area contributed by atoms with Crippen molar-refractivity contribution in [2.75, 3.05) is 11.5 Å². The predicted molar refractivity (Wildman–Crippen MR) is 70.9 cm³/mol. The molecule has 0 heterocycles. The van der Waals surface area contributed by atoms with Crippen LogP contribution in [0.5, 0.6) is 0 Å². The third kappa shape index (κ3) is 2.10. The van der Waals surface area contributed by atoms with Crippen molar-refractivity contribution in [3.8, 4) is 11.1 Å².